The highest BCUT2D eigenvalue weighted by Gasteiger charge is 2.46. The topological polar surface area (TPSA) is 52.6 Å². The van der Waals surface area contributed by atoms with E-state index >= 15 is 0 Å². The van der Waals surface area contributed by atoms with Gasteiger partial charge in [-0.25, -0.2) is 4.31 Å². The van der Waals surface area contributed by atoms with E-state index in [1.807, 2.05) is 6.08 Å². The van der Waals surface area contributed by atoms with Gasteiger partial charge < -0.3 is 10.4 Å². The number of amides is 1. The maximum Gasteiger partial charge on any atom is 0.249 e. The summed E-state index contributed by atoms with van der Waals surface area (Å²) in [4.78, 5) is 14.1. The molecule has 1 aromatic carbocycles. The molecule has 2 fully saturated rings. The van der Waals surface area contributed by atoms with Crippen molar-refractivity contribution in [2.75, 3.05) is 13.1 Å². The lowest BCUT2D eigenvalue weighted by Crippen LogP contribution is -2.50. The molecule has 1 saturated heterocycles. The van der Waals surface area contributed by atoms with Crippen LogP contribution in [0.15, 0.2) is 41.8 Å². The molecule has 0 bridgehead atoms. The van der Waals surface area contributed by atoms with Gasteiger partial charge in [-0.15, -0.1) is 6.58 Å². The number of rotatable bonds is 8. The Kier molecular flexibility index (Phi) is 7.83. The second-order valence-electron chi connectivity index (χ2n) is 8.87. The third-order valence-electron chi connectivity index (χ3n) is 6.83. The van der Waals surface area contributed by atoms with Gasteiger partial charge in [-0.3, -0.25) is 4.79 Å². The molecule has 2 aliphatic rings. The van der Waals surface area contributed by atoms with Gasteiger partial charge in [0.25, 0.3) is 0 Å². The van der Waals surface area contributed by atoms with Crippen molar-refractivity contribution in [3.63, 3.8) is 0 Å². The molecule has 0 radical (unpaired) electrons. The zero-order chi connectivity index (χ0) is 20.9. The molecule has 1 aliphatic carbocycles. The van der Waals surface area contributed by atoms with Crippen molar-refractivity contribution >= 4 is 17.9 Å². The number of carbonyl (C=O) groups excluding carboxylic acids is 1. The predicted octanol–water partition coefficient (Wildman–Crippen LogP) is 4.72. The van der Waals surface area contributed by atoms with Crippen LogP contribution in [0.25, 0.3) is 0 Å². The standard InChI is InChI=1S/C24H36N2O2S/c1-4-6-19-11-14-24(5-2,17-19)22(27)23(28)25-20-12-15-26(16-13-20)29-21-9-7-18(3)8-10-21/h4,7-10,19-20,22,27H,1,5-6,11-17H2,2-3H3,(H,25,28). The first-order valence-electron chi connectivity index (χ1n) is 11.0. The summed E-state index contributed by atoms with van der Waals surface area (Å²) in [6.45, 7) is 9.94. The Labute approximate surface area is 180 Å². The Bertz CT molecular complexity index is 685. The number of hydrogen-bond donors (Lipinski definition) is 2. The highest BCUT2D eigenvalue weighted by Crippen LogP contribution is 2.48. The maximum atomic E-state index is 12.8. The van der Waals surface area contributed by atoms with Crippen LogP contribution in [0.5, 0.6) is 0 Å². The number of hydrogen-bond acceptors (Lipinski definition) is 4. The maximum absolute atomic E-state index is 12.8. The molecule has 3 rings (SSSR count). The molecule has 1 heterocycles. The van der Waals surface area contributed by atoms with Crippen LogP contribution >= 0.6 is 11.9 Å². The van der Waals surface area contributed by atoms with E-state index in [9.17, 15) is 9.90 Å². The number of allylic oxidation sites excluding steroid dienone is 1. The number of benzene rings is 1. The van der Waals surface area contributed by atoms with Crippen LogP contribution in [0, 0.1) is 18.3 Å². The normalized spacial score (nSPS) is 26.9. The number of carbonyl (C=O) groups is 1. The number of piperidine rings is 1. The van der Waals surface area contributed by atoms with E-state index in [0.717, 1.165) is 58.0 Å². The lowest BCUT2D eigenvalue weighted by molar-refractivity contribution is -0.138. The van der Waals surface area contributed by atoms with Gasteiger partial charge in [-0.1, -0.05) is 30.7 Å². The summed E-state index contributed by atoms with van der Waals surface area (Å²) in [6, 6.07) is 8.77. The highest BCUT2D eigenvalue weighted by molar-refractivity contribution is 7.97. The minimum Gasteiger partial charge on any atom is -0.383 e. The van der Waals surface area contributed by atoms with Crippen molar-refractivity contribution in [3.05, 3.63) is 42.5 Å². The van der Waals surface area contributed by atoms with E-state index in [4.69, 9.17) is 0 Å². The van der Waals surface area contributed by atoms with Crippen LogP contribution in [0.2, 0.25) is 0 Å². The molecule has 4 nitrogen and oxygen atoms in total. The monoisotopic (exact) mass is 416 g/mol. The lowest BCUT2D eigenvalue weighted by atomic mass is 9.76. The lowest BCUT2D eigenvalue weighted by Gasteiger charge is -2.36. The summed E-state index contributed by atoms with van der Waals surface area (Å²) >= 11 is 1.79. The third kappa shape index (κ3) is 5.65. The fourth-order valence-electron chi connectivity index (χ4n) is 4.87. The molecule has 3 unspecified atom stereocenters. The molecule has 1 amide bonds. The van der Waals surface area contributed by atoms with Crippen molar-refractivity contribution in [2.45, 2.75) is 75.8 Å². The van der Waals surface area contributed by atoms with Crippen molar-refractivity contribution in [2.24, 2.45) is 11.3 Å². The fourth-order valence-corrected chi connectivity index (χ4v) is 5.82. The Balaban J connectivity index is 1.47. The molecule has 29 heavy (non-hydrogen) atoms. The Morgan fingerprint density at radius 1 is 1.34 bits per heavy atom. The third-order valence-corrected chi connectivity index (χ3v) is 7.94. The average molecular weight is 417 g/mol. The van der Waals surface area contributed by atoms with Gasteiger partial charge in [0, 0.05) is 29.4 Å². The zero-order valence-electron chi connectivity index (χ0n) is 17.9. The van der Waals surface area contributed by atoms with Gasteiger partial charge in [0.05, 0.1) is 0 Å². The molecule has 1 aromatic rings. The van der Waals surface area contributed by atoms with E-state index in [2.05, 4.69) is 54.3 Å². The summed E-state index contributed by atoms with van der Waals surface area (Å²) in [5.41, 5.74) is 1.01. The summed E-state index contributed by atoms with van der Waals surface area (Å²) < 4.78 is 2.37. The molecular weight excluding hydrogens is 380 g/mol. The first-order chi connectivity index (χ1) is 14.0. The first kappa shape index (κ1) is 22.4. The predicted molar refractivity (Wildman–Crippen MR) is 121 cm³/mol. The van der Waals surface area contributed by atoms with E-state index in [-0.39, 0.29) is 17.4 Å². The van der Waals surface area contributed by atoms with Crippen molar-refractivity contribution in [1.29, 1.82) is 0 Å². The summed E-state index contributed by atoms with van der Waals surface area (Å²) in [5.74, 6) is 0.382. The molecule has 3 atom stereocenters. The second-order valence-corrected chi connectivity index (χ2v) is 10.0. The van der Waals surface area contributed by atoms with Gasteiger partial charge in [0.15, 0.2) is 0 Å². The van der Waals surface area contributed by atoms with Crippen molar-refractivity contribution in [3.8, 4) is 0 Å². The smallest absolute Gasteiger partial charge is 0.249 e. The van der Waals surface area contributed by atoms with E-state index in [1.165, 1.54) is 10.5 Å². The number of aryl methyl sites for hydroxylation is 1. The Hall–Kier alpha value is -1.30. The Morgan fingerprint density at radius 2 is 2.03 bits per heavy atom. The molecule has 1 saturated carbocycles. The minimum absolute atomic E-state index is 0.159. The van der Waals surface area contributed by atoms with Crippen molar-refractivity contribution < 1.29 is 9.90 Å². The number of nitrogens with one attached hydrogen (secondary N) is 1. The van der Waals surface area contributed by atoms with E-state index in [0.29, 0.717) is 5.92 Å². The zero-order valence-corrected chi connectivity index (χ0v) is 18.7. The van der Waals surface area contributed by atoms with Crippen LogP contribution < -0.4 is 5.32 Å². The largest absolute Gasteiger partial charge is 0.383 e. The van der Waals surface area contributed by atoms with E-state index < -0.39 is 6.10 Å². The van der Waals surface area contributed by atoms with Gasteiger partial charge in [0.2, 0.25) is 5.91 Å². The van der Waals surface area contributed by atoms with Crippen LogP contribution in [-0.2, 0) is 4.79 Å². The first-order valence-corrected chi connectivity index (χ1v) is 11.8. The molecule has 0 spiro atoms. The molecule has 5 heteroatoms. The molecule has 0 aromatic heterocycles. The fraction of sp³-hybridized carbons (Fsp3) is 0.625. The quantitative estimate of drug-likeness (QED) is 0.476. The van der Waals surface area contributed by atoms with Gasteiger partial charge in [-0.2, -0.15) is 0 Å². The second kappa shape index (κ2) is 10.1. The van der Waals surface area contributed by atoms with Gasteiger partial charge in [0.1, 0.15) is 6.10 Å². The van der Waals surface area contributed by atoms with E-state index in [1.54, 1.807) is 11.9 Å². The van der Waals surface area contributed by atoms with Crippen LogP contribution in [0.4, 0.5) is 0 Å². The average Bonchev–Trinajstić information content (AvgIpc) is 3.15. The number of aliphatic hydroxyl groups is 1. The minimum atomic E-state index is -0.901. The van der Waals surface area contributed by atoms with Gasteiger partial charge >= 0.3 is 0 Å². The summed E-state index contributed by atoms with van der Waals surface area (Å²) in [7, 11) is 0. The number of nitrogens with zero attached hydrogens (tertiary/aromatic N) is 1. The SMILES string of the molecule is C=CCC1CCC(CC)(C(O)C(=O)NC2CCN(Sc3ccc(C)cc3)CC2)C1. The number of aliphatic hydroxyl groups excluding tert-OH is 1. The summed E-state index contributed by atoms with van der Waals surface area (Å²) in [5, 5.41) is 14.0. The molecule has 1 aliphatic heterocycles. The van der Waals surface area contributed by atoms with Gasteiger partial charge in [-0.05, 0) is 81.9 Å². The van der Waals surface area contributed by atoms with Crippen molar-refractivity contribution in [1.82, 2.24) is 9.62 Å². The Morgan fingerprint density at radius 3 is 2.66 bits per heavy atom. The summed E-state index contributed by atoms with van der Waals surface area (Å²) in [6.07, 6.45) is 7.68. The molecular formula is C24H36N2O2S. The molecule has 160 valence electrons. The van der Waals surface area contributed by atoms with Crippen LogP contribution in [-0.4, -0.2) is 40.6 Å². The van der Waals surface area contributed by atoms with Crippen LogP contribution in [0.1, 0.15) is 57.4 Å². The highest BCUT2D eigenvalue weighted by atomic mass is 32.2. The van der Waals surface area contributed by atoms with Crippen LogP contribution in [0.3, 0.4) is 0 Å². The molecule has 2 N–H and O–H groups in total.